The van der Waals surface area contributed by atoms with Crippen LogP contribution in [0.2, 0.25) is 0 Å². The second-order valence-corrected chi connectivity index (χ2v) is 4.33. The number of ether oxygens (including phenoxy) is 3. The van der Waals surface area contributed by atoms with Gasteiger partial charge < -0.3 is 19.5 Å². The van der Waals surface area contributed by atoms with Gasteiger partial charge in [0.25, 0.3) is 0 Å². The molecule has 0 aliphatic heterocycles. The molecule has 0 aromatic heterocycles. The highest BCUT2D eigenvalue weighted by Gasteiger charge is 2.11. The molecule has 0 fully saturated rings. The quantitative estimate of drug-likeness (QED) is 0.661. The fourth-order valence-corrected chi connectivity index (χ4v) is 1.78. The lowest BCUT2D eigenvalue weighted by Crippen LogP contribution is -2.25. The maximum atomic E-state index is 5.86. The number of hydrogen-bond donors (Lipinski definition) is 1. The van der Waals surface area contributed by atoms with Crippen LogP contribution in [0.25, 0.3) is 0 Å². The topological polar surface area (TPSA) is 39.7 Å². The van der Waals surface area contributed by atoms with Crippen LogP contribution in [0.3, 0.4) is 0 Å². The molecular weight excluding hydrogens is 242 g/mol. The Kier molecular flexibility index (Phi) is 8.21. The Balaban J connectivity index is 2.58. The van der Waals surface area contributed by atoms with Crippen molar-refractivity contribution in [2.24, 2.45) is 0 Å². The lowest BCUT2D eigenvalue weighted by Gasteiger charge is -2.19. The molecule has 1 atom stereocenters. The first-order valence-corrected chi connectivity index (χ1v) is 6.77. The van der Waals surface area contributed by atoms with Gasteiger partial charge in [0.15, 0.2) is 0 Å². The molecule has 0 heterocycles. The molecule has 0 amide bonds. The third-order valence-corrected chi connectivity index (χ3v) is 2.85. The summed E-state index contributed by atoms with van der Waals surface area (Å²) in [6.07, 6.45) is 1.17. The fraction of sp³-hybridized carbons (Fsp3) is 0.600. The summed E-state index contributed by atoms with van der Waals surface area (Å²) in [5.41, 5.74) is 1.15. The van der Waals surface area contributed by atoms with Gasteiger partial charge in [-0.25, -0.2) is 0 Å². The molecular formula is C15H25NO3. The average molecular weight is 267 g/mol. The molecule has 1 aromatic carbocycles. The molecule has 0 saturated carbocycles. The molecule has 4 heteroatoms. The minimum Gasteiger partial charge on any atom is -0.497 e. The SMILES string of the molecule is CCCNCC(OCCOC)c1ccc(OC)cc1. The largest absolute Gasteiger partial charge is 0.497 e. The Labute approximate surface area is 116 Å². The molecule has 0 spiro atoms. The van der Waals surface area contributed by atoms with Gasteiger partial charge in [0.05, 0.1) is 26.4 Å². The van der Waals surface area contributed by atoms with Crippen LogP contribution < -0.4 is 10.1 Å². The van der Waals surface area contributed by atoms with Crippen molar-refractivity contribution in [2.45, 2.75) is 19.4 Å². The zero-order valence-corrected chi connectivity index (χ0v) is 12.1. The summed E-state index contributed by atoms with van der Waals surface area (Å²) < 4.78 is 16.1. The molecule has 0 saturated heterocycles. The average Bonchev–Trinajstić information content (AvgIpc) is 2.46. The van der Waals surface area contributed by atoms with Crippen molar-refractivity contribution in [3.63, 3.8) is 0 Å². The highest BCUT2D eigenvalue weighted by Crippen LogP contribution is 2.20. The minimum atomic E-state index is 0.0487. The first-order valence-electron chi connectivity index (χ1n) is 6.77. The van der Waals surface area contributed by atoms with Crippen LogP contribution in [0, 0.1) is 0 Å². The van der Waals surface area contributed by atoms with Gasteiger partial charge in [-0.3, -0.25) is 0 Å². The molecule has 1 N–H and O–H groups in total. The normalized spacial score (nSPS) is 12.4. The highest BCUT2D eigenvalue weighted by atomic mass is 16.5. The van der Waals surface area contributed by atoms with Gasteiger partial charge in [0.1, 0.15) is 5.75 Å². The molecule has 19 heavy (non-hydrogen) atoms. The van der Waals surface area contributed by atoms with Crippen molar-refractivity contribution in [3.05, 3.63) is 29.8 Å². The highest BCUT2D eigenvalue weighted by molar-refractivity contribution is 5.28. The summed E-state index contributed by atoms with van der Waals surface area (Å²) in [5.74, 6) is 0.862. The van der Waals surface area contributed by atoms with E-state index in [9.17, 15) is 0 Å². The van der Waals surface area contributed by atoms with E-state index in [4.69, 9.17) is 14.2 Å². The Morgan fingerprint density at radius 1 is 1.11 bits per heavy atom. The maximum Gasteiger partial charge on any atom is 0.118 e. The van der Waals surface area contributed by atoms with E-state index in [2.05, 4.69) is 12.2 Å². The number of nitrogens with one attached hydrogen (secondary N) is 1. The van der Waals surface area contributed by atoms with Gasteiger partial charge in [0.2, 0.25) is 0 Å². The minimum absolute atomic E-state index is 0.0487. The van der Waals surface area contributed by atoms with Crippen LogP contribution in [0.5, 0.6) is 5.75 Å². The summed E-state index contributed by atoms with van der Waals surface area (Å²) in [7, 11) is 3.35. The molecule has 108 valence electrons. The van der Waals surface area contributed by atoms with Crippen LogP contribution >= 0.6 is 0 Å². The fourth-order valence-electron chi connectivity index (χ4n) is 1.78. The van der Waals surface area contributed by atoms with Crippen molar-refractivity contribution in [2.75, 3.05) is 40.5 Å². The lowest BCUT2D eigenvalue weighted by atomic mass is 10.1. The molecule has 0 aliphatic carbocycles. The van der Waals surface area contributed by atoms with Gasteiger partial charge in [-0.1, -0.05) is 19.1 Å². The van der Waals surface area contributed by atoms with E-state index in [1.54, 1.807) is 14.2 Å². The predicted octanol–water partition coefficient (Wildman–Crippen LogP) is 2.40. The van der Waals surface area contributed by atoms with Gasteiger partial charge in [-0.2, -0.15) is 0 Å². The smallest absolute Gasteiger partial charge is 0.118 e. The Bertz CT molecular complexity index is 317. The Hall–Kier alpha value is -1.10. The Morgan fingerprint density at radius 2 is 1.84 bits per heavy atom. The zero-order chi connectivity index (χ0) is 13.9. The van der Waals surface area contributed by atoms with Crippen molar-refractivity contribution in [1.82, 2.24) is 5.32 Å². The first kappa shape index (κ1) is 16.0. The third kappa shape index (κ3) is 6.05. The number of methoxy groups -OCH3 is 2. The number of rotatable bonds is 10. The molecule has 1 rings (SSSR count). The van der Waals surface area contributed by atoms with Crippen LogP contribution in [0.1, 0.15) is 25.0 Å². The van der Waals surface area contributed by atoms with Crippen LogP contribution in [0.4, 0.5) is 0 Å². The van der Waals surface area contributed by atoms with Crippen LogP contribution in [-0.4, -0.2) is 40.5 Å². The van der Waals surface area contributed by atoms with E-state index >= 15 is 0 Å². The van der Waals surface area contributed by atoms with Gasteiger partial charge >= 0.3 is 0 Å². The van der Waals surface area contributed by atoms with Crippen LogP contribution in [0.15, 0.2) is 24.3 Å². The zero-order valence-electron chi connectivity index (χ0n) is 12.1. The molecule has 1 unspecified atom stereocenters. The van der Waals surface area contributed by atoms with Crippen LogP contribution in [-0.2, 0) is 9.47 Å². The summed E-state index contributed by atoms with van der Waals surface area (Å²) in [6, 6.07) is 8.01. The number of hydrogen-bond acceptors (Lipinski definition) is 4. The summed E-state index contributed by atoms with van der Waals surface area (Å²) in [4.78, 5) is 0. The summed E-state index contributed by atoms with van der Waals surface area (Å²) >= 11 is 0. The van der Waals surface area contributed by atoms with Gasteiger partial charge in [0, 0.05) is 13.7 Å². The molecule has 0 bridgehead atoms. The standard InChI is InChI=1S/C15H25NO3/c1-4-9-16-12-15(19-11-10-17-2)13-5-7-14(18-3)8-6-13/h5-8,15-16H,4,9-12H2,1-3H3. The lowest BCUT2D eigenvalue weighted by molar-refractivity contribution is 0.0167. The predicted molar refractivity (Wildman–Crippen MR) is 76.7 cm³/mol. The van der Waals surface area contributed by atoms with Crippen molar-refractivity contribution < 1.29 is 14.2 Å². The molecule has 4 nitrogen and oxygen atoms in total. The summed E-state index contributed by atoms with van der Waals surface area (Å²) in [6.45, 7) is 5.17. The van der Waals surface area contributed by atoms with E-state index in [1.807, 2.05) is 24.3 Å². The van der Waals surface area contributed by atoms with E-state index in [1.165, 1.54) is 0 Å². The third-order valence-electron chi connectivity index (χ3n) is 2.85. The van der Waals surface area contributed by atoms with Crippen molar-refractivity contribution >= 4 is 0 Å². The Morgan fingerprint density at radius 3 is 2.42 bits per heavy atom. The maximum absolute atomic E-state index is 5.86. The van der Waals surface area contributed by atoms with E-state index < -0.39 is 0 Å². The van der Waals surface area contributed by atoms with Crippen molar-refractivity contribution in [3.8, 4) is 5.75 Å². The van der Waals surface area contributed by atoms with E-state index in [0.29, 0.717) is 13.2 Å². The second kappa shape index (κ2) is 9.78. The van der Waals surface area contributed by atoms with Gasteiger partial charge in [-0.05, 0) is 30.7 Å². The van der Waals surface area contributed by atoms with E-state index in [-0.39, 0.29) is 6.10 Å². The first-order chi connectivity index (χ1) is 9.31. The monoisotopic (exact) mass is 267 g/mol. The number of benzene rings is 1. The summed E-state index contributed by atoms with van der Waals surface area (Å²) in [5, 5.41) is 3.39. The second-order valence-electron chi connectivity index (χ2n) is 4.33. The van der Waals surface area contributed by atoms with Gasteiger partial charge in [-0.15, -0.1) is 0 Å². The molecule has 0 aliphatic rings. The van der Waals surface area contributed by atoms with Crippen molar-refractivity contribution in [1.29, 1.82) is 0 Å². The van der Waals surface area contributed by atoms with E-state index in [0.717, 1.165) is 30.8 Å². The molecule has 0 radical (unpaired) electrons. The molecule has 1 aromatic rings.